The Kier molecular flexibility index (Phi) is 3.95. The predicted molar refractivity (Wildman–Crippen MR) is 81.1 cm³/mol. The fourth-order valence-corrected chi connectivity index (χ4v) is 5.14. The normalized spacial score (nSPS) is 16.1. The molecule has 0 amide bonds. The third-order valence-corrected chi connectivity index (χ3v) is 6.06. The van der Waals surface area contributed by atoms with Crippen LogP contribution in [0.25, 0.3) is 10.8 Å². The van der Waals surface area contributed by atoms with E-state index in [9.17, 15) is 0 Å². The summed E-state index contributed by atoms with van der Waals surface area (Å²) >= 11 is 0. The Morgan fingerprint density at radius 2 is 1.74 bits per heavy atom. The van der Waals surface area contributed by atoms with Crippen LogP contribution in [0.15, 0.2) is 41.3 Å². The first-order chi connectivity index (χ1) is 9.40. The maximum Gasteiger partial charge on any atom is 0.188 e. The Morgan fingerprint density at radius 1 is 1.00 bits per heavy atom. The third kappa shape index (κ3) is 2.58. The quantitative estimate of drug-likeness (QED) is 0.627. The lowest BCUT2D eigenvalue weighted by Gasteiger charge is -2.10. The lowest BCUT2D eigenvalue weighted by atomic mass is 10.1. The Labute approximate surface area is 117 Å². The van der Waals surface area contributed by atoms with Crippen molar-refractivity contribution in [3.63, 3.8) is 0 Å². The predicted octanol–water partition coefficient (Wildman–Crippen LogP) is 3.59. The maximum absolute atomic E-state index is 5.67. The van der Waals surface area contributed by atoms with Gasteiger partial charge in [0, 0.05) is 28.8 Å². The fraction of sp³-hybridized carbons (Fsp3) is 0.375. The average molecular weight is 275 g/mol. The van der Waals surface area contributed by atoms with Gasteiger partial charge in [-0.25, -0.2) is 0 Å². The van der Waals surface area contributed by atoms with Crippen LogP contribution in [-0.4, -0.2) is 25.4 Å². The van der Waals surface area contributed by atoms with Gasteiger partial charge in [-0.3, -0.25) is 0 Å². The number of hydrogen-bond donors (Lipinski definition) is 0. The molecule has 0 unspecified atom stereocenters. The molecule has 0 bridgehead atoms. The molecule has 0 saturated carbocycles. The minimum atomic E-state index is 0.301. The number of fused-ring (bicyclic) bond motifs is 1. The topological polar surface area (TPSA) is 18.5 Å². The highest BCUT2D eigenvalue weighted by molar-refractivity contribution is 7.97. The van der Waals surface area contributed by atoms with E-state index in [1.165, 1.54) is 40.0 Å². The number of rotatable bonds is 4. The summed E-state index contributed by atoms with van der Waals surface area (Å²) in [5.41, 5.74) is 0. The van der Waals surface area contributed by atoms with Crippen molar-refractivity contribution in [3.8, 4) is 5.75 Å². The summed E-state index contributed by atoms with van der Waals surface area (Å²) < 4.78 is 10.7. The van der Waals surface area contributed by atoms with Gasteiger partial charge in [-0.05, 0) is 31.0 Å². The zero-order chi connectivity index (χ0) is 13.1. The zero-order valence-corrected chi connectivity index (χ0v) is 12.0. The van der Waals surface area contributed by atoms with Crippen molar-refractivity contribution in [2.45, 2.75) is 17.7 Å². The third-order valence-electron chi connectivity index (χ3n) is 3.52. The second kappa shape index (κ2) is 5.85. The van der Waals surface area contributed by atoms with Gasteiger partial charge in [0.25, 0.3) is 0 Å². The molecule has 1 aliphatic rings. The minimum absolute atomic E-state index is 0.301. The Balaban J connectivity index is 2.04. The summed E-state index contributed by atoms with van der Waals surface area (Å²) in [4.78, 5) is 1.51. The molecule has 0 atom stereocenters. The van der Waals surface area contributed by atoms with Crippen molar-refractivity contribution in [2.24, 2.45) is 0 Å². The number of methoxy groups -OCH3 is 1. The summed E-state index contributed by atoms with van der Waals surface area (Å²) in [6, 6.07) is 12.9. The smallest absolute Gasteiger partial charge is 0.188 e. The number of hydrogen-bond acceptors (Lipinski definition) is 2. The van der Waals surface area contributed by atoms with Gasteiger partial charge in [-0.1, -0.05) is 18.2 Å². The first-order valence-corrected chi connectivity index (χ1v) is 8.27. The molecular weight excluding hydrogens is 256 g/mol. The van der Waals surface area contributed by atoms with Gasteiger partial charge < -0.3 is 9.47 Å². The Morgan fingerprint density at radius 3 is 2.53 bits per heavy atom. The standard InChI is InChI=1S/C16H19O2S/c1-17-12-18-15-8-4-7-14-13(15)6-5-9-16(14)19-10-2-3-11-19/h4-9H,2-3,10-12H2,1H3/q+1. The van der Waals surface area contributed by atoms with E-state index in [1.807, 2.05) is 6.07 Å². The van der Waals surface area contributed by atoms with Crippen LogP contribution in [0.4, 0.5) is 0 Å². The molecule has 0 aliphatic carbocycles. The second-order valence-electron chi connectivity index (χ2n) is 4.77. The van der Waals surface area contributed by atoms with Crippen molar-refractivity contribution in [3.05, 3.63) is 36.4 Å². The molecule has 0 radical (unpaired) electrons. The molecule has 3 heteroatoms. The molecule has 0 spiro atoms. The van der Waals surface area contributed by atoms with E-state index >= 15 is 0 Å². The fourth-order valence-electron chi connectivity index (χ4n) is 2.63. The van der Waals surface area contributed by atoms with Crippen molar-refractivity contribution in [1.82, 2.24) is 0 Å². The summed E-state index contributed by atoms with van der Waals surface area (Å²) in [5.74, 6) is 3.62. The molecule has 1 fully saturated rings. The van der Waals surface area contributed by atoms with Gasteiger partial charge in [-0.2, -0.15) is 0 Å². The number of ether oxygens (including phenoxy) is 2. The maximum atomic E-state index is 5.67. The highest BCUT2D eigenvalue weighted by Gasteiger charge is 2.28. The Hall–Kier alpha value is -1.19. The second-order valence-corrected chi connectivity index (χ2v) is 7.01. The van der Waals surface area contributed by atoms with Crippen LogP contribution in [0.5, 0.6) is 5.75 Å². The molecule has 1 aliphatic heterocycles. The summed E-state index contributed by atoms with van der Waals surface area (Å²) in [7, 11) is 2.08. The van der Waals surface area contributed by atoms with Gasteiger partial charge in [-0.15, -0.1) is 0 Å². The minimum Gasteiger partial charge on any atom is -0.467 e. The van der Waals surface area contributed by atoms with Gasteiger partial charge >= 0.3 is 0 Å². The van der Waals surface area contributed by atoms with Crippen LogP contribution in [0.2, 0.25) is 0 Å². The van der Waals surface area contributed by atoms with Gasteiger partial charge in [0.15, 0.2) is 11.7 Å². The van der Waals surface area contributed by atoms with E-state index in [4.69, 9.17) is 9.47 Å². The summed E-state index contributed by atoms with van der Waals surface area (Å²) in [6.07, 6.45) is 2.75. The molecule has 3 rings (SSSR count). The molecule has 2 aromatic carbocycles. The van der Waals surface area contributed by atoms with Crippen LogP contribution in [-0.2, 0) is 15.6 Å². The van der Waals surface area contributed by atoms with E-state index in [1.54, 1.807) is 7.11 Å². The lowest BCUT2D eigenvalue weighted by molar-refractivity contribution is 0.0522. The van der Waals surface area contributed by atoms with Crippen molar-refractivity contribution in [1.29, 1.82) is 0 Å². The van der Waals surface area contributed by atoms with E-state index in [0.29, 0.717) is 17.7 Å². The highest BCUT2D eigenvalue weighted by Crippen LogP contribution is 2.33. The average Bonchev–Trinajstić information content (AvgIpc) is 2.98. The van der Waals surface area contributed by atoms with Gasteiger partial charge in [0.05, 0.1) is 0 Å². The van der Waals surface area contributed by atoms with Gasteiger partial charge in [0.2, 0.25) is 0 Å². The van der Waals surface area contributed by atoms with E-state index < -0.39 is 0 Å². The van der Waals surface area contributed by atoms with Crippen LogP contribution >= 0.6 is 0 Å². The monoisotopic (exact) mass is 275 g/mol. The molecular formula is C16H19O2S+. The summed E-state index contributed by atoms with van der Waals surface area (Å²) in [5, 5.41) is 2.55. The first kappa shape index (κ1) is 12.8. The van der Waals surface area contributed by atoms with Crippen molar-refractivity contribution >= 4 is 21.7 Å². The zero-order valence-electron chi connectivity index (χ0n) is 11.2. The van der Waals surface area contributed by atoms with Crippen molar-refractivity contribution in [2.75, 3.05) is 25.4 Å². The summed E-state index contributed by atoms with van der Waals surface area (Å²) in [6.45, 7) is 0.301. The molecule has 0 aromatic heterocycles. The Bertz CT molecular complexity index is 562. The molecule has 0 N–H and O–H groups in total. The van der Waals surface area contributed by atoms with E-state index in [2.05, 4.69) is 30.3 Å². The highest BCUT2D eigenvalue weighted by atomic mass is 32.2. The van der Waals surface area contributed by atoms with E-state index in [-0.39, 0.29) is 0 Å². The molecule has 2 nitrogen and oxygen atoms in total. The van der Waals surface area contributed by atoms with Gasteiger partial charge in [0.1, 0.15) is 17.3 Å². The lowest BCUT2D eigenvalue weighted by Crippen LogP contribution is -2.05. The van der Waals surface area contributed by atoms with Crippen molar-refractivity contribution < 1.29 is 9.47 Å². The van der Waals surface area contributed by atoms with Crippen LogP contribution in [0.1, 0.15) is 12.8 Å². The van der Waals surface area contributed by atoms with Crippen LogP contribution < -0.4 is 4.74 Å². The SMILES string of the molecule is COCOc1cccc2c([S+]3CCCC3)cccc12. The molecule has 19 heavy (non-hydrogen) atoms. The molecule has 100 valence electrons. The van der Waals surface area contributed by atoms with Crippen LogP contribution in [0.3, 0.4) is 0 Å². The molecule has 1 heterocycles. The largest absolute Gasteiger partial charge is 0.467 e. The molecule has 1 saturated heterocycles. The number of benzene rings is 2. The first-order valence-electron chi connectivity index (χ1n) is 6.71. The molecule has 2 aromatic rings. The van der Waals surface area contributed by atoms with Crippen LogP contribution in [0, 0.1) is 0 Å². The van der Waals surface area contributed by atoms with E-state index in [0.717, 1.165) is 5.75 Å².